The molecule has 3 heteroatoms. The van der Waals surface area contributed by atoms with E-state index in [9.17, 15) is 4.79 Å². The van der Waals surface area contributed by atoms with Gasteiger partial charge in [0.05, 0.1) is 0 Å². The van der Waals surface area contributed by atoms with Gasteiger partial charge in [-0.15, -0.1) is 0 Å². The molecule has 0 heterocycles. The zero-order valence-corrected chi connectivity index (χ0v) is 7.03. The second-order valence-corrected chi connectivity index (χ2v) is 2.40. The van der Waals surface area contributed by atoms with Crippen LogP contribution in [0.5, 0.6) is 0 Å². The van der Waals surface area contributed by atoms with Gasteiger partial charge >= 0.3 is 5.97 Å². The number of hydrogen-bond donors (Lipinski definition) is 1. The Kier molecular flexibility index (Phi) is 3.54. The summed E-state index contributed by atoms with van der Waals surface area (Å²) in [6.07, 6.45) is 0. The van der Waals surface area contributed by atoms with Gasteiger partial charge in [0.25, 0.3) is 0 Å². The maximum absolute atomic E-state index is 10.2. The topological polar surface area (TPSA) is 37.3 Å². The Morgan fingerprint density at radius 3 is 2.11 bits per heavy atom. The van der Waals surface area contributed by atoms with E-state index in [0.29, 0.717) is 10.9 Å². The summed E-state index contributed by atoms with van der Waals surface area (Å²) < 4.78 is 0. The van der Waals surface area contributed by atoms with Crippen molar-refractivity contribution in [3.05, 3.63) is 11.1 Å². The molecule has 0 saturated heterocycles. The van der Waals surface area contributed by atoms with Gasteiger partial charge in [-0.05, 0) is 13.8 Å². The van der Waals surface area contributed by atoms with Crippen molar-refractivity contribution in [2.75, 3.05) is 5.33 Å². The Bertz CT molecular complexity index is 149. The quantitative estimate of drug-likeness (QED) is 0.536. The number of halogens is 1. The molecular formula is C6H9BrO2. The van der Waals surface area contributed by atoms with E-state index < -0.39 is 5.97 Å². The molecule has 0 unspecified atom stereocenters. The van der Waals surface area contributed by atoms with Crippen molar-refractivity contribution < 1.29 is 9.90 Å². The van der Waals surface area contributed by atoms with Crippen LogP contribution in [0.1, 0.15) is 13.8 Å². The lowest BCUT2D eigenvalue weighted by Crippen LogP contribution is -1.99. The van der Waals surface area contributed by atoms with Crippen LogP contribution in [0.3, 0.4) is 0 Å². The fourth-order valence-corrected chi connectivity index (χ4v) is 0.703. The summed E-state index contributed by atoms with van der Waals surface area (Å²) >= 11 is 3.16. The summed E-state index contributed by atoms with van der Waals surface area (Å²) in [5.74, 6) is -0.841. The maximum Gasteiger partial charge on any atom is 0.331 e. The minimum atomic E-state index is -0.841. The largest absolute Gasteiger partial charge is 0.478 e. The maximum atomic E-state index is 10.2. The minimum Gasteiger partial charge on any atom is -0.478 e. The number of allylic oxidation sites excluding steroid dienone is 1. The van der Waals surface area contributed by atoms with Gasteiger partial charge in [0, 0.05) is 10.9 Å². The first-order valence-corrected chi connectivity index (χ1v) is 3.67. The van der Waals surface area contributed by atoms with Crippen LogP contribution in [0.2, 0.25) is 0 Å². The van der Waals surface area contributed by atoms with Crippen molar-refractivity contribution in [2.24, 2.45) is 0 Å². The third-order valence-electron chi connectivity index (χ3n) is 1.16. The van der Waals surface area contributed by atoms with Crippen LogP contribution in [0.25, 0.3) is 0 Å². The molecule has 0 spiro atoms. The summed E-state index contributed by atoms with van der Waals surface area (Å²) in [4.78, 5) is 10.2. The Balaban J connectivity index is 4.28. The first kappa shape index (κ1) is 8.69. The van der Waals surface area contributed by atoms with Crippen molar-refractivity contribution in [2.45, 2.75) is 13.8 Å². The fraction of sp³-hybridized carbons (Fsp3) is 0.500. The minimum absolute atomic E-state index is 0.423. The average molecular weight is 193 g/mol. The molecule has 9 heavy (non-hydrogen) atoms. The van der Waals surface area contributed by atoms with Gasteiger partial charge < -0.3 is 5.11 Å². The molecule has 0 amide bonds. The molecular weight excluding hydrogens is 184 g/mol. The summed E-state index contributed by atoms with van der Waals surface area (Å²) in [5.41, 5.74) is 1.29. The zero-order chi connectivity index (χ0) is 7.44. The number of carboxylic acid groups (broad SMARTS) is 1. The highest BCUT2D eigenvalue weighted by atomic mass is 79.9. The molecule has 0 radical (unpaired) electrons. The Morgan fingerprint density at radius 2 is 2.00 bits per heavy atom. The van der Waals surface area contributed by atoms with Crippen LogP contribution < -0.4 is 0 Å². The van der Waals surface area contributed by atoms with Crippen LogP contribution in [0.15, 0.2) is 11.1 Å². The van der Waals surface area contributed by atoms with Crippen LogP contribution in [0, 0.1) is 0 Å². The van der Waals surface area contributed by atoms with E-state index in [0.717, 1.165) is 5.57 Å². The van der Waals surface area contributed by atoms with Gasteiger partial charge in [-0.2, -0.15) is 0 Å². The predicted molar refractivity (Wildman–Crippen MR) is 39.8 cm³/mol. The van der Waals surface area contributed by atoms with Crippen LogP contribution in [-0.2, 0) is 4.79 Å². The molecule has 52 valence electrons. The smallest absolute Gasteiger partial charge is 0.331 e. The monoisotopic (exact) mass is 192 g/mol. The van der Waals surface area contributed by atoms with Gasteiger partial charge in [-0.25, -0.2) is 4.79 Å². The fourth-order valence-electron chi connectivity index (χ4n) is 0.283. The van der Waals surface area contributed by atoms with Crippen LogP contribution in [0.4, 0.5) is 0 Å². The standard InChI is InChI=1S/C6H9BrO2/c1-4(3-7)5(2)6(8)9/h3H2,1-2H3,(H,8,9). The molecule has 0 aromatic carbocycles. The van der Waals surface area contributed by atoms with Crippen molar-refractivity contribution in [1.29, 1.82) is 0 Å². The molecule has 0 atom stereocenters. The number of aliphatic carboxylic acids is 1. The molecule has 0 aromatic rings. The van der Waals surface area contributed by atoms with E-state index in [1.165, 1.54) is 0 Å². The lowest BCUT2D eigenvalue weighted by Gasteiger charge is -1.96. The molecule has 1 N–H and O–H groups in total. The zero-order valence-electron chi connectivity index (χ0n) is 5.44. The summed E-state index contributed by atoms with van der Waals surface area (Å²) in [6, 6.07) is 0. The second kappa shape index (κ2) is 3.67. The number of hydrogen-bond acceptors (Lipinski definition) is 1. The van der Waals surface area contributed by atoms with Crippen molar-refractivity contribution in [3.63, 3.8) is 0 Å². The van der Waals surface area contributed by atoms with Gasteiger partial charge in [0.2, 0.25) is 0 Å². The lowest BCUT2D eigenvalue weighted by molar-refractivity contribution is -0.132. The average Bonchev–Trinajstić information content (AvgIpc) is 1.84. The van der Waals surface area contributed by atoms with E-state index in [1.807, 2.05) is 0 Å². The van der Waals surface area contributed by atoms with Gasteiger partial charge in [-0.1, -0.05) is 21.5 Å². The number of carboxylic acids is 1. The molecule has 0 aromatic heterocycles. The molecule has 0 rings (SSSR count). The van der Waals surface area contributed by atoms with Gasteiger partial charge in [-0.3, -0.25) is 0 Å². The third kappa shape index (κ3) is 2.65. The molecule has 0 aliphatic rings. The Labute approximate surface area is 62.7 Å². The first-order valence-electron chi connectivity index (χ1n) is 2.55. The predicted octanol–water partition coefficient (Wildman–Crippen LogP) is 1.80. The van der Waals surface area contributed by atoms with Crippen molar-refractivity contribution >= 4 is 21.9 Å². The second-order valence-electron chi connectivity index (χ2n) is 1.84. The summed E-state index contributed by atoms with van der Waals surface area (Å²) in [5, 5.41) is 9.03. The highest BCUT2D eigenvalue weighted by Crippen LogP contribution is 2.05. The normalized spacial score (nSPS) is 12.8. The van der Waals surface area contributed by atoms with E-state index >= 15 is 0 Å². The van der Waals surface area contributed by atoms with E-state index in [1.54, 1.807) is 13.8 Å². The number of rotatable bonds is 2. The van der Waals surface area contributed by atoms with Gasteiger partial charge in [0.1, 0.15) is 0 Å². The van der Waals surface area contributed by atoms with Crippen molar-refractivity contribution in [3.8, 4) is 0 Å². The van der Waals surface area contributed by atoms with Crippen LogP contribution in [-0.4, -0.2) is 16.4 Å². The SMILES string of the molecule is CC(CBr)=C(C)C(=O)O. The summed E-state index contributed by atoms with van der Waals surface area (Å²) in [6.45, 7) is 3.39. The first-order chi connectivity index (χ1) is 4.09. The molecule has 0 saturated carbocycles. The van der Waals surface area contributed by atoms with Gasteiger partial charge in [0.15, 0.2) is 0 Å². The van der Waals surface area contributed by atoms with E-state index in [2.05, 4.69) is 15.9 Å². The molecule has 0 aliphatic heterocycles. The Hall–Kier alpha value is -0.310. The summed E-state index contributed by atoms with van der Waals surface area (Å²) in [7, 11) is 0. The third-order valence-corrected chi connectivity index (χ3v) is 2.00. The lowest BCUT2D eigenvalue weighted by atomic mass is 10.2. The number of carbonyl (C=O) groups is 1. The highest BCUT2D eigenvalue weighted by molar-refractivity contribution is 9.09. The molecule has 0 aliphatic carbocycles. The molecule has 0 bridgehead atoms. The number of alkyl halides is 1. The van der Waals surface area contributed by atoms with Crippen molar-refractivity contribution in [1.82, 2.24) is 0 Å². The Morgan fingerprint density at radius 1 is 1.56 bits per heavy atom. The van der Waals surface area contributed by atoms with E-state index in [4.69, 9.17) is 5.11 Å². The highest BCUT2D eigenvalue weighted by Gasteiger charge is 2.02. The molecule has 2 nitrogen and oxygen atoms in total. The van der Waals surface area contributed by atoms with E-state index in [-0.39, 0.29) is 0 Å². The van der Waals surface area contributed by atoms with Crippen LogP contribution >= 0.6 is 15.9 Å². The molecule has 0 fully saturated rings.